The van der Waals surface area contributed by atoms with Gasteiger partial charge in [-0.15, -0.1) is 0 Å². The molecule has 2 aromatic rings. The molecule has 0 aliphatic heterocycles. The standard InChI is InChI=1S/C16H17N3O2/c1-2-19-11-14(7-9-16(19)21)18-15(20)8-6-12-4-3-5-13(17)10-12/h3-11H,2,17H2,1H3,(H,18,20)/b8-6+. The number of carbonyl (C=O) groups excluding carboxylic acids is 1. The van der Waals surface area contributed by atoms with Crippen molar-refractivity contribution >= 4 is 23.4 Å². The molecule has 5 heteroatoms. The van der Waals surface area contributed by atoms with Gasteiger partial charge in [0.1, 0.15) is 0 Å². The highest BCUT2D eigenvalue weighted by Gasteiger charge is 2.00. The summed E-state index contributed by atoms with van der Waals surface area (Å²) in [5, 5.41) is 2.71. The Bertz CT molecular complexity index is 732. The monoisotopic (exact) mass is 283 g/mol. The number of amides is 1. The molecule has 108 valence electrons. The van der Waals surface area contributed by atoms with Crippen LogP contribution in [-0.4, -0.2) is 10.5 Å². The van der Waals surface area contributed by atoms with Crippen LogP contribution in [0, 0.1) is 0 Å². The lowest BCUT2D eigenvalue weighted by Crippen LogP contribution is -2.19. The first-order chi connectivity index (χ1) is 10.1. The Labute approximate surface area is 122 Å². The van der Waals surface area contributed by atoms with Crippen molar-refractivity contribution in [2.75, 3.05) is 11.1 Å². The van der Waals surface area contributed by atoms with Crippen LogP contribution >= 0.6 is 0 Å². The summed E-state index contributed by atoms with van der Waals surface area (Å²) < 4.78 is 1.53. The second-order valence-corrected chi connectivity index (χ2v) is 4.53. The van der Waals surface area contributed by atoms with Gasteiger partial charge >= 0.3 is 0 Å². The number of hydrogen-bond acceptors (Lipinski definition) is 3. The third kappa shape index (κ3) is 4.07. The molecule has 1 aromatic heterocycles. The van der Waals surface area contributed by atoms with E-state index in [2.05, 4.69) is 5.32 Å². The summed E-state index contributed by atoms with van der Waals surface area (Å²) in [6, 6.07) is 10.3. The summed E-state index contributed by atoms with van der Waals surface area (Å²) in [5.74, 6) is -0.265. The van der Waals surface area contributed by atoms with Crippen molar-refractivity contribution < 1.29 is 4.79 Å². The van der Waals surface area contributed by atoms with Gasteiger partial charge in [0.2, 0.25) is 5.91 Å². The molecule has 0 fully saturated rings. The van der Waals surface area contributed by atoms with Crippen LogP contribution in [0.1, 0.15) is 12.5 Å². The van der Waals surface area contributed by atoms with Gasteiger partial charge in [0.05, 0.1) is 5.69 Å². The van der Waals surface area contributed by atoms with Gasteiger partial charge < -0.3 is 15.6 Å². The maximum absolute atomic E-state index is 11.8. The van der Waals surface area contributed by atoms with E-state index in [-0.39, 0.29) is 11.5 Å². The molecule has 0 saturated heterocycles. The summed E-state index contributed by atoms with van der Waals surface area (Å²) in [6.45, 7) is 2.42. The highest BCUT2D eigenvalue weighted by Crippen LogP contribution is 2.09. The largest absolute Gasteiger partial charge is 0.399 e. The van der Waals surface area contributed by atoms with Crippen molar-refractivity contribution in [2.45, 2.75) is 13.5 Å². The van der Waals surface area contributed by atoms with Gasteiger partial charge in [-0.3, -0.25) is 9.59 Å². The van der Waals surface area contributed by atoms with Crippen LogP contribution in [-0.2, 0) is 11.3 Å². The minimum atomic E-state index is -0.265. The van der Waals surface area contributed by atoms with Gasteiger partial charge in [0.25, 0.3) is 5.56 Å². The highest BCUT2D eigenvalue weighted by molar-refractivity contribution is 6.01. The van der Waals surface area contributed by atoms with E-state index < -0.39 is 0 Å². The molecule has 0 aliphatic carbocycles. The molecule has 3 N–H and O–H groups in total. The predicted octanol–water partition coefficient (Wildman–Crippen LogP) is 2.10. The number of nitrogens with one attached hydrogen (secondary N) is 1. The molecule has 0 unspecified atom stereocenters. The SMILES string of the molecule is CCn1cc(NC(=O)/C=C/c2cccc(N)c2)ccc1=O. The van der Waals surface area contributed by atoms with Crippen LogP contribution in [0.2, 0.25) is 0 Å². The van der Waals surface area contributed by atoms with Crippen molar-refractivity contribution in [1.29, 1.82) is 0 Å². The first-order valence-corrected chi connectivity index (χ1v) is 6.63. The number of aryl methyl sites for hydroxylation is 1. The fourth-order valence-electron chi connectivity index (χ4n) is 1.87. The molecule has 1 heterocycles. The topological polar surface area (TPSA) is 77.1 Å². The number of nitrogens with zero attached hydrogens (tertiary/aromatic N) is 1. The smallest absolute Gasteiger partial charge is 0.250 e. The van der Waals surface area contributed by atoms with E-state index in [9.17, 15) is 9.59 Å². The van der Waals surface area contributed by atoms with E-state index in [1.165, 1.54) is 16.7 Å². The zero-order valence-electron chi connectivity index (χ0n) is 11.7. The van der Waals surface area contributed by atoms with E-state index in [0.29, 0.717) is 17.9 Å². The molecule has 0 spiro atoms. The number of pyridine rings is 1. The molecule has 0 bridgehead atoms. The number of aromatic nitrogens is 1. The van der Waals surface area contributed by atoms with Crippen LogP contribution in [0.15, 0.2) is 53.5 Å². The number of nitrogens with two attached hydrogens (primary N) is 1. The zero-order valence-corrected chi connectivity index (χ0v) is 11.7. The first kappa shape index (κ1) is 14.6. The Hall–Kier alpha value is -2.82. The zero-order chi connectivity index (χ0) is 15.2. The van der Waals surface area contributed by atoms with E-state index in [4.69, 9.17) is 5.73 Å². The number of nitrogen functional groups attached to an aromatic ring is 1. The van der Waals surface area contributed by atoms with Gasteiger partial charge in [-0.05, 0) is 36.8 Å². The van der Waals surface area contributed by atoms with Gasteiger partial charge in [0, 0.05) is 30.6 Å². The van der Waals surface area contributed by atoms with Crippen LogP contribution < -0.4 is 16.6 Å². The normalized spacial score (nSPS) is 10.7. The number of anilines is 2. The molecule has 21 heavy (non-hydrogen) atoms. The van der Waals surface area contributed by atoms with Gasteiger partial charge in [-0.1, -0.05) is 12.1 Å². The van der Waals surface area contributed by atoms with Gasteiger partial charge in [-0.25, -0.2) is 0 Å². The minimum Gasteiger partial charge on any atom is -0.399 e. The number of carbonyl (C=O) groups is 1. The van der Waals surface area contributed by atoms with Gasteiger partial charge in [-0.2, -0.15) is 0 Å². The summed E-state index contributed by atoms with van der Waals surface area (Å²) in [7, 11) is 0. The van der Waals surface area contributed by atoms with Crippen molar-refractivity contribution in [3.63, 3.8) is 0 Å². The minimum absolute atomic E-state index is 0.0919. The fraction of sp³-hybridized carbons (Fsp3) is 0.125. The van der Waals surface area contributed by atoms with Crippen LogP contribution in [0.4, 0.5) is 11.4 Å². The van der Waals surface area contributed by atoms with Crippen molar-refractivity contribution in [1.82, 2.24) is 4.57 Å². The summed E-state index contributed by atoms with van der Waals surface area (Å²) >= 11 is 0. The van der Waals surface area contributed by atoms with Crippen LogP contribution in [0.3, 0.4) is 0 Å². The summed E-state index contributed by atoms with van der Waals surface area (Å²) in [5.41, 5.74) is 7.65. The van der Waals surface area contributed by atoms with Crippen molar-refractivity contribution in [2.24, 2.45) is 0 Å². The Kier molecular flexibility index (Phi) is 4.56. The summed E-state index contributed by atoms with van der Waals surface area (Å²) in [6.07, 6.45) is 4.73. The van der Waals surface area contributed by atoms with E-state index in [1.807, 2.05) is 19.1 Å². The van der Waals surface area contributed by atoms with E-state index in [0.717, 1.165) is 5.56 Å². The average Bonchev–Trinajstić information content (AvgIpc) is 2.47. The Morgan fingerprint density at radius 2 is 2.14 bits per heavy atom. The van der Waals surface area contributed by atoms with Crippen molar-refractivity contribution in [3.8, 4) is 0 Å². The Morgan fingerprint density at radius 3 is 2.86 bits per heavy atom. The highest BCUT2D eigenvalue weighted by atomic mass is 16.1. The number of rotatable bonds is 4. The second kappa shape index (κ2) is 6.56. The number of benzene rings is 1. The predicted molar refractivity (Wildman–Crippen MR) is 84.9 cm³/mol. The van der Waals surface area contributed by atoms with Gasteiger partial charge in [0.15, 0.2) is 0 Å². The quantitative estimate of drug-likeness (QED) is 0.666. The second-order valence-electron chi connectivity index (χ2n) is 4.53. The lowest BCUT2D eigenvalue weighted by Gasteiger charge is -2.06. The molecule has 1 aromatic carbocycles. The third-order valence-electron chi connectivity index (χ3n) is 2.93. The van der Waals surface area contributed by atoms with E-state index in [1.54, 1.807) is 30.5 Å². The molecule has 2 rings (SSSR count). The lowest BCUT2D eigenvalue weighted by molar-refractivity contribution is -0.111. The Morgan fingerprint density at radius 1 is 1.33 bits per heavy atom. The number of hydrogen-bond donors (Lipinski definition) is 2. The van der Waals surface area contributed by atoms with Crippen LogP contribution in [0.5, 0.6) is 0 Å². The van der Waals surface area contributed by atoms with Crippen LogP contribution in [0.25, 0.3) is 6.08 Å². The molecule has 0 atom stereocenters. The molecular weight excluding hydrogens is 266 g/mol. The molecule has 0 radical (unpaired) electrons. The molecule has 0 aliphatic rings. The molecule has 1 amide bonds. The first-order valence-electron chi connectivity index (χ1n) is 6.63. The maximum atomic E-state index is 11.8. The Balaban J connectivity index is 2.06. The van der Waals surface area contributed by atoms with E-state index >= 15 is 0 Å². The molecular formula is C16H17N3O2. The molecule has 5 nitrogen and oxygen atoms in total. The average molecular weight is 283 g/mol. The lowest BCUT2D eigenvalue weighted by atomic mass is 10.2. The fourth-order valence-corrected chi connectivity index (χ4v) is 1.87. The molecule has 0 saturated carbocycles. The third-order valence-corrected chi connectivity index (χ3v) is 2.93. The summed E-state index contributed by atoms with van der Waals surface area (Å²) in [4.78, 5) is 23.3. The maximum Gasteiger partial charge on any atom is 0.250 e. The van der Waals surface area contributed by atoms with Crippen molar-refractivity contribution in [3.05, 3.63) is 64.6 Å².